The molecule has 2 aromatic heterocycles. The Labute approximate surface area is 86.3 Å². The quantitative estimate of drug-likeness (QED) is 0.633. The van der Waals surface area contributed by atoms with Crippen molar-refractivity contribution in [1.82, 2.24) is 14.6 Å². The van der Waals surface area contributed by atoms with E-state index in [0.29, 0.717) is 11.2 Å². The maximum Gasteiger partial charge on any atom is 0.167 e. The van der Waals surface area contributed by atoms with Crippen molar-refractivity contribution >= 4 is 17.8 Å². The maximum atomic E-state index is 10.8. The van der Waals surface area contributed by atoms with Gasteiger partial charge in [0.2, 0.25) is 0 Å². The van der Waals surface area contributed by atoms with E-state index in [9.17, 15) is 4.79 Å². The normalized spacial score (nSPS) is 14.6. The van der Waals surface area contributed by atoms with E-state index in [2.05, 4.69) is 15.0 Å². The van der Waals surface area contributed by atoms with Crippen molar-refractivity contribution < 1.29 is 4.79 Å². The SMILES string of the molecule is CN1CCc2cn3ncc(C=O)c3nc21. The molecule has 0 fully saturated rings. The van der Waals surface area contributed by atoms with Crippen LogP contribution in [0.25, 0.3) is 5.65 Å². The van der Waals surface area contributed by atoms with E-state index < -0.39 is 0 Å². The van der Waals surface area contributed by atoms with Gasteiger partial charge >= 0.3 is 0 Å². The summed E-state index contributed by atoms with van der Waals surface area (Å²) in [6.07, 6.45) is 5.28. The molecule has 1 aliphatic rings. The molecule has 0 atom stereocenters. The molecule has 0 aliphatic carbocycles. The summed E-state index contributed by atoms with van der Waals surface area (Å²) >= 11 is 0. The zero-order valence-corrected chi connectivity index (χ0v) is 8.34. The molecule has 76 valence electrons. The number of carbonyl (C=O) groups is 1. The largest absolute Gasteiger partial charge is 0.359 e. The van der Waals surface area contributed by atoms with Gasteiger partial charge in [0.25, 0.3) is 0 Å². The summed E-state index contributed by atoms with van der Waals surface area (Å²) < 4.78 is 1.67. The Balaban J connectivity index is 2.32. The predicted octanol–water partition coefficient (Wildman–Crippen LogP) is 0.534. The average Bonchev–Trinajstić information content (AvgIpc) is 2.80. The molecule has 0 saturated carbocycles. The summed E-state index contributed by atoms with van der Waals surface area (Å²) in [4.78, 5) is 17.3. The second-order valence-corrected chi connectivity index (χ2v) is 3.75. The minimum atomic E-state index is 0.540. The first-order chi connectivity index (χ1) is 7.29. The van der Waals surface area contributed by atoms with Crippen molar-refractivity contribution in [2.45, 2.75) is 6.42 Å². The van der Waals surface area contributed by atoms with Crippen molar-refractivity contribution in [1.29, 1.82) is 0 Å². The van der Waals surface area contributed by atoms with Crippen LogP contribution in [0.3, 0.4) is 0 Å². The molecule has 0 N–H and O–H groups in total. The molecule has 15 heavy (non-hydrogen) atoms. The van der Waals surface area contributed by atoms with E-state index in [4.69, 9.17) is 0 Å². The van der Waals surface area contributed by atoms with E-state index in [1.54, 1.807) is 10.7 Å². The molecular formula is C10H10N4O. The van der Waals surface area contributed by atoms with Crippen LogP contribution >= 0.6 is 0 Å². The monoisotopic (exact) mass is 202 g/mol. The maximum absolute atomic E-state index is 10.8. The fraction of sp³-hybridized carbons (Fsp3) is 0.300. The Kier molecular flexibility index (Phi) is 1.56. The first kappa shape index (κ1) is 8.40. The van der Waals surface area contributed by atoms with Gasteiger partial charge in [0, 0.05) is 25.4 Å². The Morgan fingerprint density at radius 3 is 3.20 bits per heavy atom. The van der Waals surface area contributed by atoms with Crippen LogP contribution in [0.5, 0.6) is 0 Å². The Bertz CT molecular complexity index is 546. The molecule has 2 aromatic rings. The lowest BCUT2D eigenvalue weighted by Gasteiger charge is -2.10. The Morgan fingerprint density at radius 1 is 1.53 bits per heavy atom. The van der Waals surface area contributed by atoms with Gasteiger partial charge < -0.3 is 4.90 Å². The summed E-state index contributed by atoms with van der Waals surface area (Å²) in [5.41, 5.74) is 2.36. The van der Waals surface area contributed by atoms with E-state index >= 15 is 0 Å². The van der Waals surface area contributed by atoms with Gasteiger partial charge in [0.15, 0.2) is 11.9 Å². The van der Waals surface area contributed by atoms with Crippen LogP contribution < -0.4 is 4.90 Å². The number of aldehydes is 1. The van der Waals surface area contributed by atoms with Gasteiger partial charge in [-0.2, -0.15) is 5.10 Å². The standard InChI is InChI=1S/C10H10N4O/c1-13-3-2-7-5-14-10(12-9(7)13)8(6-15)4-11-14/h4-6H,2-3H2,1H3. The second kappa shape index (κ2) is 2.79. The first-order valence-corrected chi connectivity index (χ1v) is 4.83. The van der Waals surface area contributed by atoms with Gasteiger partial charge in [-0.05, 0) is 6.42 Å². The molecular weight excluding hydrogens is 192 g/mol. The highest BCUT2D eigenvalue weighted by atomic mass is 16.1. The zero-order chi connectivity index (χ0) is 10.4. The fourth-order valence-electron chi connectivity index (χ4n) is 1.94. The zero-order valence-electron chi connectivity index (χ0n) is 8.34. The third-order valence-corrected chi connectivity index (χ3v) is 2.78. The number of carbonyl (C=O) groups excluding carboxylic acids is 1. The highest BCUT2D eigenvalue weighted by molar-refractivity contribution is 5.84. The highest BCUT2D eigenvalue weighted by Gasteiger charge is 2.19. The van der Waals surface area contributed by atoms with Crippen molar-refractivity contribution in [3.8, 4) is 0 Å². The summed E-state index contributed by atoms with van der Waals surface area (Å²) in [7, 11) is 2.01. The van der Waals surface area contributed by atoms with E-state index in [1.807, 2.05) is 13.2 Å². The van der Waals surface area contributed by atoms with Gasteiger partial charge in [-0.25, -0.2) is 9.50 Å². The third-order valence-electron chi connectivity index (χ3n) is 2.78. The van der Waals surface area contributed by atoms with E-state index in [-0.39, 0.29) is 0 Å². The van der Waals surface area contributed by atoms with Crippen molar-refractivity contribution in [3.05, 3.63) is 23.5 Å². The van der Waals surface area contributed by atoms with Crippen LogP contribution in [0.15, 0.2) is 12.4 Å². The molecule has 5 nitrogen and oxygen atoms in total. The minimum absolute atomic E-state index is 0.540. The number of anilines is 1. The second-order valence-electron chi connectivity index (χ2n) is 3.75. The average molecular weight is 202 g/mol. The molecule has 3 heterocycles. The van der Waals surface area contributed by atoms with Gasteiger partial charge in [-0.15, -0.1) is 0 Å². The summed E-state index contributed by atoms with van der Waals surface area (Å²) in [5, 5.41) is 4.10. The van der Waals surface area contributed by atoms with Crippen LogP contribution in [0.1, 0.15) is 15.9 Å². The third kappa shape index (κ3) is 1.06. The number of hydrogen-bond acceptors (Lipinski definition) is 4. The number of nitrogens with zero attached hydrogens (tertiary/aromatic N) is 4. The summed E-state index contributed by atoms with van der Waals surface area (Å²) in [6, 6.07) is 0. The molecule has 0 saturated heterocycles. The molecule has 0 amide bonds. The number of aromatic nitrogens is 3. The molecule has 0 unspecified atom stereocenters. The van der Waals surface area contributed by atoms with Gasteiger partial charge in [0.05, 0.1) is 11.8 Å². The topological polar surface area (TPSA) is 50.5 Å². The van der Waals surface area contributed by atoms with E-state index in [1.165, 1.54) is 5.56 Å². The molecule has 0 spiro atoms. The van der Waals surface area contributed by atoms with Gasteiger partial charge in [-0.1, -0.05) is 0 Å². The van der Waals surface area contributed by atoms with Crippen molar-refractivity contribution in [2.24, 2.45) is 0 Å². The molecule has 0 bridgehead atoms. The van der Waals surface area contributed by atoms with Gasteiger partial charge in [-0.3, -0.25) is 4.79 Å². The van der Waals surface area contributed by atoms with Crippen LogP contribution in [0.4, 0.5) is 5.82 Å². The van der Waals surface area contributed by atoms with E-state index in [0.717, 1.165) is 25.1 Å². The summed E-state index contributed by atoms with van der Waals surface area (Å²) in [6.45, 7) is 0.978. The summed E-state index contributed by atoms with van der Waals surface area (Å²) in [5.74, 6) is 0.964. The first-order valence-electron chi connectivity index (χ1n) is 4.83. The lowest BCUT2D eigenvalue weighted by atomic mass is 10.3. The minimum Gasteiger partial charge on any atom is -0.359 e. The number of hydrogen-bond donors (Lipinski definition) is 0. The number of fused-ring (bicyclic) bond motifs is 2. The predicted molar refractivity (Wildman–Crippen MR) is 55.3 cm³/mol. The van der Waals surface area contributed by atoms with Crippen molar-refractivity contribution in [3.63, 3.8) is 0 Å². The Morgan fingerprint density at radius 2 is 2.40 bits per heavy atom. The van der Waals surface area contributed by atoms with Crippen LogP contribution in [0, 0.1) is 0 Å². The molecule has 3 rings (SSSR count). The van der Waals surface area contributed by atoms with Crippen LogP contribution in [0.2, 0.25) is 0 Å². The Hall–Kier alpha value is -1.91. The highest BCUT2D eigenvalue weighted by Crippen LogP contribution is 2.24. The number of rotatable bonds is 1. The molecule has 0 radical (unpaired) electrons. The van der Waals surface area contributed by atoms with Crippen LogP contribution in [-0.4, -0.2) is 34.5 Å². The van der Waals surface area contributed by atoms with Gasteiger partial charge in [0.1, 0.15) is 5.82 Å². The molecule has 0 aromatic carbocycles. The fourth-order valence-corrected chi connectivity index (χ4v) is 1.94. The lowest BCUT2D eigenvalue weighted by Crippen LogP contribution is -2.14. The number of likely N-dealkylation sites (N-methyl/N-ethyl adjacent to an activating group) is 1. The molecule has 5 heteroatoms. The smallest absolute Gasteiger partial charge is 0.167 e. The van der Waals surface area contributed by atoms with Crippen molar-refractivity contribution in [2.75, 3.05) is 18.5 Å². The van der Waals surface area contributed by atoms with Crippen LogP contribution in [-0.2, 0) is 6.42 Å². The molecule has 1 aliphatic heterocycles. The lowest BCUT2D eigenvalue weighted by molar-refractivity contribution is 0.112.